The summed E-state index contributed by atoms with van der Waals surface area (Å²) in [6.45, 7) is 6.87. The van der Waals surface area contributed by atoms with E-state index < -0.39 is 5.97 Å². The van der Waals surface area contributed by atoms with Crippen LogP contribution in [0.1, 0.15) is 42.0 Å². The number of hydrogen-bond acceptors (Lipinski definition) is 4. The molecule has 19 heavy (non-hydrogen) atoms. The third-order valence-electron chi connectivity index (χ3n) is 3.02. The van der Waals surface area contributed by atoms with Gasteiger partial charge in [-0.25, -0.2) is 0 Å². The third-order valence-corrected chi connectivity index (χ3v) is 3.02. The molecule has 0 spiro atoms. The van der Waals surface area contributed by atoms with Gasteiger partial charge in [0, 0.05) is 6.04 Å². The Hall–Kier alpha value is -1.98. The number of aliphatic carboxylic acids is 1. The van der Waals surface area contributed by atoms with Crippen LogP contribution in [0.15, 0.2) is 6.07 Å². The van der Waals surface area contributed by atoms with Gasteiger partial charge in [-0.1, -0.05) is 6.92 Å². The average molecular weight is 265 g/mol. The molecule has 0 bridgehead atoms. The molecular formula is C13H19N3O3. The fraction of sp³-hybridized carbons (Fsp3) is 0.538. The van der Waals surface area contributed by atoms with Gasteiger partial charge < -0.3 is 10.0 Å². The lowest BCUT2D eigenvalue weighted by atomic mass is 10.1. The van der Waals surface area contributed by atoms with Crippen molar-refractivity contribution in [1.82, 2.24) is 15.1 Å². The number of carboxylic acid groups (broad SMARTS) is 1. The molecule has 0 aliphatic rings. The highest BCUT2D eigenvalue weighted by Gasteiger charge is 2.24. The fourth-order valence-corrected chi connectivity index (χ4v) is 1.72. The Balaban J connectivity index is 3.11. The largest absolute Gasteiger partial charge is 0.480 e. The normalized spacial score (nSPS) is 12.0. The number of carbonyl (C=O) groups is 2. The highest BCUT2D eigenvalue weighted by molar-refractivity contribution is 5.97. The molecule has 0 radical (unpaired) electrons. The van der Waals surface area contributed by atoms with Crippen LogP contribution in [0, 0.1) is 13.8 Å². The Labute approximate surface area is 112 Å². The van der Waals surface area contributed by atoms with E-state index in [2.05, 4.69) is 10.2 Å². The van der Waals surface area contributed by atoms with Crippen LogP contribution in [0.2, 0.25) is 0 Å². The van der Waals surface area contributed by atoms with Crippen molar-refractivity contribution in [2.75, 3.05) is 6.54 Å². The van der Waals surface area contributed by atoms with E-state index in [-0.39, 0.29) is 18.5 Å². The first-order chi connectivity index (χ1) is 8.86. The van der Waals surface area contributed by atoms with E-state index in [4.69, 9.17) is 5.11 Å². The van der Waals surface area contributed by atoms with Gasteiger partial charge in [-0.3, -0.25) is 9.59 Å². The maximum Gasteiger partial charge on any atom is 0.323 e. The van der Waals surface area contributed by atoms with E-state index in [0.29, 0.717) is 23.4 Å². The molecule has 0 fully saturated rings. The Morgan fingerprint density at radius 1 is 1.37 bits per heavy atom. The topological polar surface area (TPSA) is 83.4 Å². The van der Waals surface area contributed by atoms with E-state index in [9.17, 15) is 9.59 Å². The summed E-state index contributed by atoms with van der Waals surface area (Å²) < 4.78 is 0. The van der Waals surface area contributed by atoms with Gasteiger partial charge >= 0.3 is 5.97 Å². The predicted molar refractivity (Wildman–Crippen MR) is 69.9 cm³/mol. The lowest BCUT2D eigenvalue weighted by molar-refractivity contribution is -0.138. The zero-order chi connectivity index (χ0) is 14.6. The van der Waals surface area contributed by atoms with Crippen LogP contribution < -0.4 is 0 Å². The molecule has 1 N–H and O–H groups in total. The van der Waals surface area contributed by atoms with Gasteiger partial charge in [0.15, 0.2) is 0 Å². The lowest BCUT2D eigenvalue weighted by Crippen LogP contribution is -2.42. The van der Waals surface area contributed by atoms with Crippen molar-refractivity contribution in [1.29, 1.82) is 0 Å². The minimum atomic E-state index is -1.02. The smallest absolute Gasteiger partial charge is 0.323 e. The monoisotopic (exact) mass is 265 g/mol. The average Bonchev–Trinajstić information content (AvgIpc) is 2.37. The van der Waals surface area contributed by atoms with Gasteiger partial charge in [0.05, 0.1) is 17.0 Å². The van der Waals surface area contributed by atoms with Crippen LogP contribution in [-0.2, 0) is 4.79 Å². The number of carboxylic acids is 1. The molecule has 6 heteroatoms. The Morgan fingerprint density at radius 2 is 2.00 bits per heavy atom. The summed E-state index contributed by atoms with van der Waals surface area (Å²) in [7, 11) is 0. The molecule has 1 atom stereocenters. The maximum atomic E-state index is 12.4. The van der Waals surface area contributed by atoms with E-state index in [1.807, 2.05) is 13.8 Å². The summed E-state index contributed by atoms with van der Waals surface area (Å²) >= 11 is 0. The van der Waals surface area contributed by atoms with E-state index >= 15 is 0 Å². The number of carbonyl (C=O) groups excluding carboxylic acids is 1. The predicted octanol–water partition coefficient (Wildman–Crippen LogP) is 1.42. The SMILES string of the molecule is CCC(C)N(CC(=O)O)C(=O)c1cc(C)nnc1C. The summed E-state index contributed by atoms with van der Waals surface area (Å²) in [6, 6.07) is 1.50. The second-order valence-corrected chi connectivity index (χ2v) is 4.57. The van der Waals surface area contributed by atoms with Crippen molar-refractivity contribution >= 4 is 11.9 Å². The molecule has 0 aliphatic heterocycles. The number of rotatable bonds is 5. The van der Waals surface area contributed by atoms with Gasteiger partial charge in [0.2, 0.25) is 0 Å². The van der Waals surface area contributed by atoms with Crippen molar-refractivity contribution in [2.45, 2.75) is 40.2 Å². The Kier molecular flexibility index (Phi) is 4.97. The molecule has 6 nitrogen and oxygen atoms in total. The van der Waals surface area contributed by atoms with Crippen LogP contribution in [0.5, 0.6) is 0 Å². The molecular weight excluding hydrogens is 246 g/mol. The first kappa shape index (κ1) is 15.1. The molecule has 1 rings (SSSR count). The summed E-state index contributed by atoms with van der Waals surface area (Å²) in [5.41, 5.74) is 1.55. The highest BCUT2D eigenvalue weighted by Crippen LogP contribution is 2.13. The summed E-state index contributed by atoms with van der Waals surface area (Å²) in [5.74, 6) is -1.34. The molecule has 1 aromatic rings. The molecule has 1 aromatic heterocycles. The van der Waals surface area contributed by atoms with Crippen molar-refractivity contribution in [3.8, 4) is 0 Å². The van der Waals surface area contributed by atoms with Crippen LogP contribution in [0.25, 0.3) is 0 Å². The van der Waals surface area contributed by atoms with Gasteiger partial charge in [-0.15, -0.1) is 0 Å². The van der Waals surface area contributed by atoms with E-state index in [1.165, 1.54) is 4.90 Å². The maximum absolute atomic E-state index is 12.4. The van der Waals surface area contributed by atoms with Gasteiger partial charge in [-0.05, 0) is 33.3 Å². The van der Waals surface area contributed by atoms with Crippen molar-refractivity contribution < 1.29 is 14.7 Å². The van der Waals surface area contributed by atoms with E-state index in [1.54, 1.807) is 19.9 Å². The molecule has 1 unspecified atom stereocenters. The Bertz CT molecular complexity index is 488. The quantitative estimate of drug-likeness (QED) is 0.870. The van der Waals surface area contributed by atoms with E-state index in [0.717, 1.165) is 0 Å². The lowest BCUT2D eigenvalue weighted by Gasteiger charge is -2.27. The summed E-state index contributed by atoms with van der Waals surface area (Å²) in [6.07, 6.45) is 0.690. The van der Waals surface area contributed by atoms with Gasteiger partial charge in [-0.2, -0.15) is 10.2 Å². The molecule has 104 valence electrons. The highest BCUT2D eigenvalue weighted by atomic mass is 16.4. The van der Waals surface area contributed by atoms with Crippen LogP contribution in [0.4, 0.5) is 0 Å². The van der Waals surface area contributed by atoms with Crippen molar-refractivity contribution in [3.05, 3.63) is 23.0 Å². The standard InChI is InChI=1S/C13H19N3O3/c1-5-9(3)16(7-12(17)18)13(19)11-6-8(2)14-15-10(11)4/h6,9H,5,7H2,1-4H3,(H,17,18). The molecule has 0 aromatic carbocycles. The molecule has 1 heterocycles. The minimum Gasteiger partial charge on any atom is -0.480 e. The molecule has 0 aliphatic carbocycles. The van der Waals surface area contributed by atoms with Crippen LogP contribution in [0.3, 0.4) is 0 Å². The number of nitrogens with zero attached hydrogens (tertiary/aromatic N) is 3. The molecule has 1 amide bonds. The van der Waals surface area contributed by atoms with Gasteiger partial charge in [0.1, 0.15) is 6.54 Å². The number of aromatic nitrogens is 2. The third kappa shape index (κ3) is 3.74. The second-order valence-electron chi connectivity index (χ2n) is 4.57. The van der Waals surface area contributed by atoms with Crippen molar-refractivity contribution in [3.63, 3.8) is 0 Å². The number of amides is 1. The zero-order valence-corrected chi connectivity index (χ0v) is 11.7. The molecule has 0 saturated carbocycles. The van der Waals surface area contributed by atoms with Crippen LogP contribution in [-0.4, -0.2) is 44.7 Å². The second kappa shape index (κ2) is 6.26. The number of hydrogen-bond donors (Lipinski definition) is 1. The fourth-order valence-electron chi connectivity index (χ4n) is 1.72. The summed E-state index contributed by atoms with van der Waals surface area (Å²) in [5, 5.41) is 16.7. The first-order valence-electron chi connectivity index (χ1n) is 6.20. The minimum absolute atomic E-state index is 0.142. The van der Waals surface area contributed by atoms with Crippen molar-refractivity contribution in [2.24, 2.45) is 0 Å². The van der Waals surface area contributed by atoms with Gasteiger partial charge in [0.25, 0.3) is 5.91 Å². The zero-order valence-electron chi connectivity index (χ0n) is 11.7. The first-order valence-corrected chi connectivity index (χ1v) is 6.20. The Morgan fingerprint density at radius 3 is 2.53 bits per heavy atom. The molecule has 0 saturated heterocycles. The summed E-state index contributed by atoms with van der Waals surface area (Å²) in [4.78, 5) is 24.7. The van der Waals surface area contributed by atoms with Crippen LogP contribution >= 0.6 is 0 Å². The number of aryl methyl sites for hydroxylation is 2.